The first-order chi connectivity index (χ1) is 13.7. The number of hydrogen-bond acceptors (Lipinski definition) is 7. The second kappa shape index (κ2) is 8.31. The van der Waals surface area contributed by atoms with Gasteiger partial charge in [0.25, 0.3) is 5.22 Å². The van der Waals surface area contributed by atoms with E-state index in [-0.39, 0.29) is 12.4 Å². The van der Waals surface area contributed by atoms with Gasteiger partial charge in [-0.3, -0.25) is 0 Å². The Labute approximate surface area is 165 Å². The van der Waals surface area contributed by atoms with Crippen LogP contribution in [0.25, 0.3) is 11.0 Å². The highest BCUT2D eigenvalue weighted by atomic mass is 32.2. The minimum atomic E-state index is -0.468. The van der Waals surface area contributed by atoms with Gasteiger partial charge in [-0.15, -0.1) is 10.2 Å². The summed E-state index contributed by atoms with van der Waals surface area (Å²) in [6.07, 6.45) is 0.580. The van der Waals surface area contributed by atoms with Crippen LogP contribution in [0.4, 0.5) is 0 Å². The number of esters is 1. The van der Waals surface area contributed by atoms with Gasteiger partial charge in [-0.25, -0.2) is 4.79 Å². The van der Waals surface area contributed by atoms with E-state index < -0.39 is 5.97 Å². The fourth-order valence-corrected chi connectivity index (χ4v) is 3.68. The van der Waals surface area contributed by atoms with Crippen LogP contribution < -0.4 is 0 Å². The molecule has 28 heavy (non-hydrogen) atoms. The smallest absolute Gasteiger partial charge is 0.374 e. The van der Waals surface area contributed by atoms with E-state index in [9.17, 15) is 4.79 Å². The molecule has 0 aliphatic heterocycles. The van der Waals surface area contributed by atoms with Crippen molar-refractivity contribution in [2.24, 2.45) is 0 Å². The first-order valence-electron chi connectivity index (χ1n) is 8.91. The topological polar surface area (TPSA) is 78.4 Å². The van der Waals surface area contributed by atoms with E-state index in [0.717, 1.165) is 16.5 Å². The maximum Gasteiger partial charge on any atom is 0.374 e. The minimum Gasteiger partial charge on any atom is -0.460 e. The lowest BCUT2D eigenvalue weighted by atomic mass is 10.1. The number of fused-ring (bicyclic) bond motifs is 1. The third-order valence-electron chi connectivity index (χ3n) is 4.15. The SMILES string of the molecule is CCOC(=O)c1oc2ccccc2c1CSc1nnc(Cc2ccccc2)o1. The summed E-state index contributed by atoms with van der Waals surface area (Å²) in [5, 5.41) is 9.54. The summed E-state index contributed by atoms with van der Waals surface area (Å²) >= 11 is 1.37. The second-order valence-electron chi connectivity index (χ2n) is 6.04. The molecule has 0 fully saturated rings. The summed E-state index contributed by atoms with van der Waals surface area (Å²) in [6.45, 7) is 2.05. The molecule has 0 bridgehead atoms. The van der Waals surface area contributed by atoms with Gasteiger partial charge >= 0.3 is 5.97 Å². The fraction of sp³-hybridized carbons (Fsp3) is 0.190. The molecule has 2 aromatic carbocycles. The van der Waals surface area contributed by atoms with E-state index in [4.69, 9.17) is 13.6 Å². The predicted octanol–water partition coefficient (Wildman–Crippen LogP) is 4.88. The summed E-state index contributed by atoms with van der Waals surface area (Å²) in [5.74, 6) is 0.763. The van der Waals surface area contributed by atoms with Crippen molar-refractivity contribution in [2.75, 3.05) is 6.61 Å². The largest absolute Gasteiger partial charge is 0.460 e. The van der Waals surface area contributed by atoms with Crippen molar-refractivity contribution in [3.63, 3.8) is 0 Å². The van der Waals surface area contributed by atoms with E-state index in [0.29, 0.717) is 28.9 Å². The van der Waals surface area contributed by atoms with Crippen LogP contribution in [-0.2, 0) is 16.9 Å². The molecule has 7 heteroatoms. The Morgan fingerprint density at radius 1 is 1.04 bits per heavy atom. The van der Waals surface area contributed by atoms with Crippen LogP contribution in [0.5, 0.6) is 0 Å². The lowest BCUT2D eigenvalue weighted by molar-refractivity contribution is 0.0491. The van der Waals surface area contributed by atoms with Crippen LogP contribution in [-0.4, -0.2) is 22.8 Å². The van der Waals surface area contributed by atoms with Crippen LogP contribution in [0.2, 0.25) is 0 Å². The molecule has 0 N–H and O–H groups in total. The number of carbonyl (C=O) groups excluding carboxylic acids is 1. The van der Waals surface area contributed by atoms with Gasteiger partial charge in [0.05, 0.1) is 13.0 Å². The average molecular weight is 394 g/mol. The standard InChI is InChI=1S/C21H18N2O4S/c1-2-25-20(24)19-16(15-10-6-7-11-17(15)26-19)13-28-21-23-22-18(27-21)12-14-8-4-3-5-9-14/h3-11H,2,12-13H2,1H3. The molecule has 0 saturated carbocycles. The van der Waals surface area contributed by atoms with Gasteiger partial charge in [0.15, 0.2) is 0 Å². The van der Waals surface area contributed by atoms with E-state index in [1.807, 2.05) is 54.6 Å². The zero-order valence-electron chi connectivity index (χ0n) is 15.3. The highest BCUT2D eigenvalue weighted by molar-refractivity contribution is 7.98. The molecule has 0 amide bonds. The molecule has 4 rings (SSSR count). The molecule has 2 heterocycles. The maximum absolute atomic E-state index is 12.3. The molecule has 142 valence electrons. The quantitative estimate of drug-likeness (QED) is 0.327. The van der Waals surface area contributed by atoms with Gasteiger partial charge in [0.2, 0.25) is 11.7 Å². The maximum atomic E-state index is 12.3. The lowest BCUT2D eigenvalue weighted by Crippen LogP contribution is -2.05. The Kier molecular flexibility index (Phi) is 5.43. The number of thioether (sulfide) groups is 1. The van der Waals surface area contributed by atoms with Crippen molar-refractivity contribution >= 4 is 28.7 Å². The van der Waals surface area contributed by atoms with Gasteiger partial charge in [0.1, 0.15) is 5.58 Å². The highest BCUT2D eigenvalue weighted by Crippen LogP contribution is 2.32. The number of benzene rings is 2. The van der Waals surface area contributed by atoms with E-state index in [2.05, 4.69) is 10.2 Å². The molecule has 0 atom stereocenters. The minimum absolute atomic E-state index is 0.222. The Hall–Kier alpha value is -3.06. The summed E-state index contributed by atoms with van der Waals surface area (Å²) < 4.78 is 16.6. The van der Waals surface area contributed by atoms with E-state index in [1.165, 1.54) is 11.8 Å². The number of ether oxygens (including phenoxy) is 1. The van der Waals surface area contributed by atoms with Crippen LogP contribution in [0.15, 0.2) is 68.7 Å². The number of aromatic nitrogens is 2. The number of carbonyl (C=O) groups is 1. The summed E-state index contributed by atoms with van der Waals surface area (Å²) in [4.78, 5) is 12.3. The van der Waals surface area contributed by atoms with Gasteiger partial charge in [-0.05, 0) is 18.6 Å². The molecule has 0 aliphatic carbocycles. The van der Waals surface area contributed by atoms with Gasteiger partial charge < -0.3 is 13.6 Å². The van der Waals surface area contributed by atoms with Crippen molar-refractivity contribution < 1.29 is 18.4 Å². The molecule has 6 nitrogen and oxygen atoms in total. The Morgan fingerprint density at radius 2 is 1.82 bits per heavy atom. The Balaban J connectivity index is 1.52. The first-order valence-corrected chi connectivity index (χ1v) is 9.89. The van der Waals surface area contributed by atoms with Crippen molar-refractivity contribution in [1.29, 1.82) is 0 Å². The summed E-state index contributed by atoms with van der Waals surface area (Å²) in [6, 6.07) is 17.5. The predicted molar refractivity (Wildman–Crippen MR) is 105 cm³/mol. The van der Waals surface area contributed by atoms with Crippen LogP contribution >= 0.6 is 11.8 Å². The van der Waals surface area contributed by atoms with Crippen molar-refractivity contribution in [3.05, 3.63) is 77.4 Å². The second-order valence-corrected chi connectivity index (χ2v) is 6.97. The third-order valence-corrected chi connectivity index (χ3v) is 4.99. The average Bonchev–Trinajstić information content (AvgIpc) is 3.31. The molecular weight excluding hydrogens is 376 g/mol. The summed E-state index contributed by atoms with van der Waals surface area (Å²) in [5.41, 5.74) is 2.52. The van der Waals surface area contributed by atoms with Gasteiger partial charge in [0, 0.05) is 16.7 Å². The van der Waals surface area contributed by atoms with E-state index in [1.54, 1.807) is 6.92 Å². The first kappa shape index (κ1) is 18.3. The monoisotopic (exact) mass is 394 g/mol. The van der Waals surface area contributed by atoms with E-state index >= 15 is 0 Å². The Morgan fingerprint density at radius 3 is 2.64 bits per heavy atom. The number of para-hydroxylation sites is 1. The number of rotatable bonds is 7. The summed E-state index contributed by atoms with van der Waals surface area (Å²) in [7, 11) is 0. The fourth-order valence-electron chi connectivity index (χ4n) is 2.88. The number of nitrogens with zero attached hydrogens (tertiary/aromatic N) is 2. The third kappa shape index (κ3) is 3.94. The number of furan rings is 1. The zero-order chi connectivity index (χ0) is 19.3. The zero-order valence-corrected chi connectivity index (χ0v) is 16.1. The molecule has 2 aromatic heterocycles. The lowest BCUT2D eigenvalue weighted by Gasteiger charge is -2.01. The molecular formula is C21H18N2O4S. The molecule has 4 aromatic rings. The van der Waals surface area contributed by atoms with Gasteiger partial charge in [-0.2, -0.15) is 0 Å². The van der Waals surface area contributed by atoms with Crippen LogP contribution in [0.1, 0.15) is 34.5 Å². The Bertz CT molecular complexity index is 1090. The van der Waals surface area contributed by atoms with Gasteiger partial charge in [-0.1, -0.05) is 60.3 Å². The van der Waals surface area contributed by atoms with Crippen molar-refractivity contribution in [1.82, 2.24) is 10.2 Å². The van der Waals surface area contributed by atoms with Crippen molar-refractivity contribution in [2.45, 2.75) is 24.3 Å². The normalized spacial score (nSPS) is 11.0. The highest BCUT2D eigenvalue weighted by Gasteiger charge is 2.22. The van der Waals surface area contributed by atoms with Crippen molar-refractivity contribution in [3.8, 4) is 0 Å². The molecule has 0 radical (unpaired) electrons. The van der Waals surface area contributed by atoms with Crippen LogP contribution in [0, 0.1) is 0 Å². The van der Waals surface area contributed by atoms with Crippen LogP contribution in [0.3, 0.4) is 0 Å². The molecule has 0 unspecified atom stereocenters. The number of hydrogen-bond donors (Lipinski definition) is 0. The molecule has 0 saturated heterocycles. The molecule has 0 aliphatic rings. The molecule has 0 spiro atoms.